The Morgan fingerprint density at radius 2 is 2.26 bits per heavy atom. The van der Waals surface area contributed by atoms with E-state index in [2.05, 4.69) is 5.32 Å². The van der Waals surface area contributed by atoms with Crippen molar-refractivity contribution >= 4 is 11.6 Å². The van der Waals surface area contributed by atoms with Gasteiger partial charge in [0.15, 0.2) is 0 Å². The fourth-order valence-electron chi connectivity index (χ4n) is 1.47. The van der Waals surface area contributed by atoms with Crippen molar-refractivity contribution in [3.63, 3.8) is 0 Å². The first kappa shape index (κ1) is 14.8. The highest BCUT2D eigenvalue weighted by atomic mass is 16.6. The summed E-state index contributed by atoms with van der Waals surface area (Å²) in [6.07, 6.45) is 1.08. The third-order valence-electron chi connectivity index (χ3n) is 2.44. The molecule has 0 aliphatic heterocycles. The molecule has 0 spiro atoms. The zero-order chi connectivity index (χ0) is 14.4. The topological polar surface area (TPSA) is 103 Å². The highest BCUT2D eigenvalue weighted by molar-refractivity contribution is 5.75. The SMILES string of the molecule is COCCNC(=O)Cn1cc([N+](=O)[O-])c(C)cc1=O. The second-order valence-electron chi connectivity index (χ2n) is 3.91. The van der Waals surface area contributed by atoms with Gasteiger partial charge in [0.1, 0.15) is 6.54 Å². The fraction of sp³-hybridized carbons (Fsp3) is 0.455. The zero-order valence-corrected chi connectivity index (χ0v) is 10.7. The number of nitrogens with one attached hydrogen (secondary N) is 1. The van der Waals surface area contributed by atoms with Crippen molar-refractivity contribution in [1.29, 1.82) is 0 Å². The van der Waals surface area contributed by atoms with Crippen LogP contribution >= 0.6 is 0 Å². The molecule has 19 heavy (non-hydrogen) atoms. The molecule has 1 amide bonds. The highest BCUT2D eigenvalue weighted by Crippen LogP contribution is 2.13. The molecule has 104 valence electrons. The number of amides is 1. The number of pyridine rings is 1. The van der Waals surface area contributed by atoms with Crippen molar-refractivity contribution in [2.75, 3.05) is 20.3 Å². The predicted octanol–water partition coefficient (Wildman–Crippen LogP) is -0.172. The first-order chi connectivity index (χ1) is 8.95. The minimum Gasteiger partial charge on any atom is -0.383 e. The molecule has 8 nitrogen and oxygen atoms in total. The number of nitro groups is 1. The number of carbonyl (C=O) groups is 1. The number of hydrogen-bond acceptors (Lipinski definition) is 5. The first-order valence-electron chi connectivity index (χ1n) is 5.57. The summed E-state index contributed by atoms with van der Waals surface area (Å²) in [5, 5.41) is 13.3. The van der Waals surface area contributed by atoms with Crippen molar-refractivity contribution in [1.82, 2.24) is 9.88 Å². The van der Waals surface area contributed by atoms with Crippen LogP contribution in [0.2, 0.25) is 0 Å². The smallest absolute Gasteiger partial charge is 0.288 e. The molecule has 0 aliphatic carbocycles. The maximum absolute atomic E-state index is 11.6. The van der Waals surface area contributed by atoms with Gasteiger partial charge >= 0.3 is 0 Å². The summed E-state index contributed by atoms with van der Waals surface area (Å²) in [5.41, 5.74) is -0.375. The van der Waals surface area contributed by atoms with Gasteiger partial charge in [0.2, 0.25) is 5.91 Å². The summed E-state index contributed by atoms with van der Waals surface area (Å²) >= 11 is 0. The van der Waals surface area contributed by atoms with E-state index in [4.69, 9.17) is 4.74 Å². The Morgan fingerprint density at radius 3 is 2.84 bits per heavy atom. The van der Waals surface area contributed by atoms with E-state index in [1.54, 1.807) is 0 Å². The molecular weight excluding hydrogens is 254 g/mol. The molecule has 0 aromatic carbocycles. The Morgan fingerprint density at radius 1 is 1.58 bits per heavy atom. The van der Waals surface area contributed by atoms with Crippen LogP contribution in [0.15, 0.2) is 17.1 Å². The van der Waals surface area contributed by atoms with E-state index < -0.39 is 16.4 Å². The van der Waals surface area contributed by atoms with Crippen LogP contribution in [0.1, 0.15) is 5.56 Å². The summed E-state index contributed by atoms with van der Waals surface area (Å²) in [6, 6.07) is 1.14. The van der Waals surface area contributed by atoms with Gasteiger partial charge in [-0.3, -0.25) is 24.3 Å². The molecule has 0 unspecified atom stereocenters. The van der Waals surface area contributed by atoms with Crippen LogP contribution in [0, 0.1) is 17.0 Å². The monoisotopic (exact) mass is 269 g/mol. The first-order valence-corrected chi connectivity index (χ1v) is 5.57. The van der Waals surface area contributed by atoms with Gasteiger partial charge in [-0.15, -0.1) is 0 Å². The van der Waals surface area contributed by atoms with Crippen LogP contribution in [0.4, 0.5) is 5.69 Å². The lowest BCUT2D eigenvalue weighted by molar-refractivity contribution is -0.385. The van der Waals surface area contributed by atoms with Crippen molar-refractivity contribution < 1.29 is 14.5 Å². The molecule has 0 radical (unpaired) electrons. The molecule has 8 heteroatoms. The summed E-state index contributed by atoms with van der Waals surface area (Å²) in [4.78, 5) is 33.3. The van der Waals surface area contributed by atoms with Gasteiger partial charge in [0.05, 0.1) is 17.7 Å². The van der Waals surface area contributed by atoms with Crippen LogP contribution in [0.5, 0.6) is 0 Å². The van der Waals surface area contributed by atoms with Crippen LogP contribution in [0.25, 0.3) is 0 Å². The number of methoxy groups -OCH3 is 1. The quantitative estimate of drug-likeness (QED) is 0.438. The van der Waals surface area contributed by atoms with Gasteiger partial charge in [-0.2, -0.15) is 0 Å². The average Bonchev–Trinajstić information content (AvgIpc) is 2.32. The number of carbonyl (C=O) groups excluding carboxylic acids is 1. The largest absolute Gasteiger partial charge is 0.383 e. The summed E-state index contributed by atoms with van der Waals surface area (Å²) in [5.74, 6) is -0.405. The number of aromatic nitrogens is 1. The van der Waals surface area contributed by atoms with Crippen LogP contribution in [-0.2, 0) is 16.1 Å². The number of nitrogens with zero attached hydrogens (tertiary/aromatic N) is 2. The van der Waals surface area contributed by atoms with Gasteiger partial charge in [-0.05, 0) is 6.92 Å². The van der Waals surface area contributed by atoms with E-state index in [-0.39, 0.29) is 17.8 Å². The molecule has 1 aromatic heterocycles. The van der Waals surface area contributed by atoms with Gasteiger partial charge in [-0.25, -0.2) is 0 Å². The summed E-state index contributed by atoms with van der Waals surface area (Å²) in [7, 11) is 1.50. The van der Waals surface area contributed by atoms with Crippen molar-refractivity contribution in [2.45, 2.75) is 13.5 Å². The van der Waals surface area contributed by atoms with Gasteiger partial charge in [0, 0.05) is 25.3 Å². The number of rotatable bonds is 6. The third-order valence-corrected chi connectivity index (χ3v) is 2.44. The molecule has 0 bridgehead atoms. The fourth-order valence-corrected chi connectivity index (χ4v) is 1.47. The van der Waals surface area contributed by atoms with E-state index in [1.165, 1.54) is 14.0 Å². The molecule has 0 atom stereocenters. The highest BCUT2D eigenvalue weighted by Gasteiger charge is 2.14. The minimum absolute atomic E-state index is 0.190. The lowest BCUT2D eigenvalue weighted by Crippen LogP contribution is -2.33. The van der Waals surface area contributed by atoms with E-state index in [0.717, 1.165) is 16.8 Å². The van der Waals surface area contributed by atoms with Crippen LogP contribution in [-0.4, -0.2) is 35.7 Å². The molecule has 1 heterocycles. The Bertz CT molecular complexity index is 538. The van der Waals surface area contributed by atoms with Crippen molar-refractivity contribution in [3.05, 3.63) is 38.3 Å². The molecule has 1 aromatic rings. The van der Waals surface area contributed by atoms with Gasteiger partial charge < -0.3 is 10.1 Å². The molecule has 0 saturated heterocycles. The third kappa shape index (κ3) is 4.18. The Labute approximate surface area is 109 Å². The second-order valence-corrected chi connectivity index (χ2v) is 3.91. The summed E-state index contributed by atoms with van der Waals surface area (Å²) in [6.45, 7) is 1.89. The molecule has 0 aliphatic rings. The Balaban J connectivity index is 2.83. The van der Waals surface area contributed by atoms with E-state index in [9.17, 15) is 19.7 Å². The van der Waals surface area contributed by atoms with Gasteiger partial charge in [0.25, 0.3) is 11.2 Å². The second kappa shape index (κ2) is 6.64. The standard InChI is InChI=1S/C11H15N3O5/c1-8-5-11(16)13(6-9(8)14(17)18)7-10(15)12-3-4-19-2/h5-6H,3-4,7H2,1-2H3,(H,12,15). The minimum atomic E-state index is -0.589. The number of hydrogen-bond donors (Lipinski definition) is 1. The maximum Gasteiger partial charge on any atom is 0.288 e. The lowest BCUT2D eigenvalue weighted by Gasteiger charge is -2.07. The molecule has 0 saturated carbocycles. The van der Waals surface area contributed by atoms with E-state index in [0.29, 0.717) is 13.2 Å². The molecule has 1 rings (SSSR count). The van der Waals surface area contributed by atoms with E-state index >= 15 is 0 Å². The van der Waals surface area contributed by atoms with Crippen LogP contribution in [0.3, 0.4) is 0 Å². The number of ether oxygens (including phenoxy) is 1. The van der Waals surface area contributed by atoms with Crippen molar-refractivity contribution in [3.8, 4) is 0 Å². The predicted molar refractivity (Wildman–Crippen MR) is 67.0 cm³/mol. The average molecular weight is 269 g/mol. The normalized spacial score (nSPS) is 10.2. The Kier molecular flexibility index (Phi) is 5.19. The molecule has 0 fully saturated rings. The summed E-state index contributed by atoms with van der Waals surface area (Å²) < 4.78 is 5.77. The Hall–Kier alpha value is -2.22. The number of aryl methyl sites for hydroxylation is 1. The zero-order valence-electron chi connectivity index (χ0n) is 10.7. The lowest BCUT2D eigenvalue weighted by atomic mass is 10.2. The van der Waals surface area contributed by atoms with Gasteiger partial charge in [-0.1, -0.05) is 0 Å². The molecular formula is C11H15N3O5. The van der Waals surface area contributed by atoms with Crippen LogP contribution < -0.4 is 10.9 Å². The van der Waals surface area contributed by atoms with E-state index in [1.807, 2.05) is 0 Å². The molecule has 1 N–H and O–H groups in total. The maximum atomic E-state index is 11.6. The van der Waals surface area contributed by atoms with Crippen molar-refractivity contribution in [2.24, 2.45) is 0 Å².